The van der Waals surface area contributed by atoms with E-state index in [1.165, 1.54) is 43.2 Å². The van der Waals surface area contributed by atoms with Crippen LogP contribution in [0.2, 0.25) is 0 Å². The van der Waals surface area contributed by atoms with E-state index in [1.54, 1.807) is 4.90 Å². The second kappa shape index (κ2) is 8.63. The van der Waals surface area contributed by atoms with Crippen molar-refractivity contribution in [1.82, 2.24) is 4.90 Å². The van der Waals surface area contributed by atoms with Crippen molar-refractivity contribution in [3.63, 3.8) is 0 Å². The van der Waals surface area contributed by atoms with Crippen LogP contribution < -0.4 is 5.73 Å². The molecule has 1 heterocycles. The maximum atomic E-state index is 12.6. The molecule has 136 valence electrons. The van der Waals surface area contributed by atoms with Gasteiger partial charge in [0.1, 0.15) is 6.10 Å². The molecule has 4 heteroatoms. The zero-order chi connectivity index (χ0) is 17.6. The van der Waals surface area contributed by atoms with Crippen molar-refractivity contribution in [2.75, 3.05) is 13.1 Å². The Labute approximate surface area is 150 Å². The Balaban J connectivity index is 1.53. The minimum absolute atomic E-state index is 0.216. The molecule has 0 saturated heterocycles. The Kier molecular flexibility index (Phi) is 6.27. The number of carbonyl (C=O) groups is 1. The fraction of sp³-hybridized carbons (Fsp3) is 0.571. The molecule has 0 spiro atoms. The lowest BCUT2D eigenvalue weighted by atomic mass is 9.84. The summed E-state index contributed by atoms with van der Waals surface area (Å²) in [6.07, 6.45) is 8.76. The largest absolute Gasteiger partial charge is 0.382 e. The first-order chi connectivity index (χ1) is 12.1. The quantitative estimate of drug-likeness (QED) is 0.864. The van der Waals surface area contributed by atoms with Crippen LogP contribution in [0.1, 0.15) is 50.5 Å². The zero-order valence-corrected chi connectivity index (χ0v) is 14.9. The Hall–Kier alpha value is -1.65. The van der Waals surface area contributed by atoms with Gasteiger partial charge in [0.2, 0.25) is 0 Å². The van der Waals surface area contributed by atoms with Gasteiger partial charge in [0.15, 0.2) is 0 Å². The summed E-state index contributed by atoms with van der Waals surface area (Å²) in [4.78, 5) is 14.3. The topological polar surface area (TPSA) is 66.6 Å². The summed E-state index contributed by atoms with van der Waals surface area (Å²) in [6.45, 7) is 1.20. The number of amides is 1. The highest BCUT2D eigenvalue weighted by molar-refractivity contribution is 5.82. The molecule has 1 aromatic rings. The monoisotopic (exact) mass is 342 g/mol. The lowest BCUT2D eigenvalue weighted by molar-refractivity contribution is -0.141. The van der Waals surface area contributed by atoms with Gasteiger partial charge in [0.25, 0.3) is 5.91 Å². The van der Waals surface area contributed by atoms with Gasteiger partial charge < -0.3 is 15.7 Å². The van der Waals surface area contributed by atoms with E-state index in [2.05, 4.69) is 18.2 Å². The molecule has 25 heavy (non-hydrogen) atoms. The standard InChI is InChI=1S/C21H30N2O2/c22-19(15-16-7-3-1-4-8-16)20(24)21(25)23-13-11-18(12-14-23)17-9-5-2-6-10-17/h2,5-6,9-11,16,19-20,24H,1,3-4,7-8,12-15,22H2. The molecular weight excluding hydrogens is 312 g/mol. The summed E-state index contributed by atoms with van der Waals surface area (Å²) >= 11 is 0. The Morgan fingerprint density at radius 2 is 1.92 bits per heavy atom. The highest BCUT2D eigenvalue weighted by atomic mass is 16.3. The summed E-state index contributed by atoms with van der Waals surface area (Å²) in [5.41, 5.74) is 8.64. The van der Waals surface area contributed by atoms with E-state index in [9.17, 15) is 9.90 Å². The van der Waals surface area contributed by atoms with Crippen molar-refractivity contribution in [3.05, 3.63) is 42.0 Å². The van der Waals surface area contributed by atoms with Crippen LogP contribution >= 0.6 is 0 Å². The van der Waals surface area contributed by atoms with E-state index in [-0.39, 0.29) is 5.91 Å². The molecule has 0 aromatic heterocycles. The van der Waals surface area contributed by atoms with Crippen LogP contribution in [0.4, 0.5) is 0 Å². The number of nitrogens with zero attached hydrogens (tertiary/aromatic N) is 1. The van der Waals surface area contributed by atoms with Gasteiger partial charge in [-0.1, -0.05) is 68.5 Å². The highest BCUT2D eigenvalue weighted by Gasteiger charge is 2.30. The van der Waals surface area contributed by atoms with E-state index >= 15 is 0 Å². The van der Waals surface area contributed by atoms with Gasteiger partial charge in [-0.25, -0.2) is 0 Å². The third-order valence-electron chi connectivity index (χ3n) is 5.65. The number of benzene rings is 1. The Morgan fingerprint density at radius 3 is 2.56 bits per heavy atom. The Morgan fingerprint density at radius 1 is 1.20 bits per heavy atom. The van der Waals surface area contributed by atoms with Crippen LogP contribution in [-0.4, -0.2) is 41.1 Å². The van der Waals surface area contributed by atoms with Crippen molar-refractivity contribution >= 4 is 11.5 Å². The van der Waals surface area contributed by atoms with E-state index in [1.807, 2.05) is 18.2 Å². The summed E-state index contributed by atoms with van der Waals surface area (Å²) in [7, 11) is 0. The fourth-order valence-corrected chi connectivity index (χ4v) is 4.09. The molecule has 0 bridgehead atoms. The number of hydrogen-bond donors (Lipinski definition) is 2. The second-order valence-electron chi connectivity index (χ2n) is 7.48. The van der Waals surface area contributed by atoms with Crippen LogP contribution in [0, 0.1) is 5.92 Å². The highest BCUT2D eigenvalue weighted by Crippen LogP contribution is 2.28. The maximum Gasteiger partial charge on any atom is 0.253 e. The summed E-state index contributed by atoms with van der Waals surface area (Å²) in [5, 5.41) is 10.4. The molecule has 1 aliphatic heterocycles. The Bertz CT molecular complexity index is 593. The van der Waals surface area contributed by atoms with E-state index in [4.69, 9.17) is 5.73 Å². The molecule has 1 amide bonds. The minimum atomic E-state index is -1.08. The number of hydrogen-bond acceptors (Lipinski definition) is 3. The first-order valence-electron chi connectivity index (χ1n) is 9.62. The average Bonchev–Trinajstić information content (AvgIpc) is 2.68. The number of nitrogens with two attached hydrogens (primary N) is 1. The number of aliphatic hydroxyl groups is 1. The average molecular weight is 342 g/mol. The van der Waals surface area contributed by atoms with Crippen molar-refractivity contribution < 1.29 is 9.90 Å². The second-order valence-corrected chi connectivity index (χ2v) is 7.48. The van der Waals surface area contributed by atoms with Crippen LogP contribution in [0.5, 0.6) is 0 Å². The van der Waals surface area contributed by atoms with Gasteiger partial charge >= 0.3 is 0 Å². The number of aliphatic hydroxyl groups excluding tert-OH is 1. The first kappa shape index (κ1) is 18.2. The van der Waals surface area contributed by atoms with Crippen LogP contribution in [0.3, 0.4) is 0 Å². The third kappa shape index (κ3) is 4.71. The lowest BCUT2D eigenvalue weighted by Crippen LogP contribution is -2.50. The molecule has 3 N–H and O–H groups in total. The maximum absolute atomic E-state index is 12.6. The van der Waals surface area contributed by atoms with Crippen molar-refractivity contribution in [3.8, 4) is 0 Å². The van der Waals surface area contributed by atoms with Crippen molar-refractivity contribution in [2.45, 2.75) is 57.1 Å². The smallest absolute Gasteiger partial charge is 0.253 e. The molecule has 2 aliphatic rings. The van der Waals surface area contributed by atoms with Crippen LogP contribution in [0.25, 0.3) is 5.57 Å². The third-order valence-corrected chi connectivity index (χ3v) is 5.65. The minimum Gasteiger partial charge on any atom is -0.382 e. The van der Waals surface area contributed by atoms with Gasteiger partial charge in [-0.05, 0) is 29.9 Å². The lowest BCUT2D eigenvalue weighted by Gasteiger charge is -2.32. The van der Waals surface area contributed by atoms with Gasteiger partial charge in [-0.3, -0.25) is 4.79 Å². The molecule has 2 unspecified atom stereocenters. The van der Waals surface area contributed by atoms with Gasteiger partial charge in [0, 0.05) is 19.1 Å². The molecule has 1 aromatic carbocycles. The summed E-state index contributed by atoms with van der Waals surface area (Å²) in [6, 6.07) is 9.81. The normalized spacial score (nSPS) is 21.5. The number of carbonyl (C=O) groups excluding carboxylic acids is 1. The van der Waals surface area contributed by atoms with Crippen LogP contribution in [0.15, 0.2) is 36.4 Å². The van der Waals surface area contributed by atoms with E-state index in [0.29, 0.717) is 19.0 Å². The van der Waals surface area contributed by atoms with E-state index < -0.39 is 12.1 Å². The first-order valence-corrected chi connectivity index (χ1v) is 9.62. The summed E-state index contributed by atoms with van der Waals surface area (Å²) in [5.74, 6) is 0.351. The number of rotatable bonds is 5. The summed E-state index contributed by atoms with van der Waals surface area (Å²) < 4.78 is 0. The molecule has 3 rings (SSSR count). The molecular formula is C21H30N2O2. The molecule has 4 nitrogen and oxygen atoms in total. The van der Waals surface area contributed by atoms with E-state index in [0.717, 1.165) is 12.8 Å². The SMILES string of the molecule is NC(CC1CCCCC1)C(O)C(=O)N1CC=C(c2ccccc2)CC1. The van der Waals surface area contributed by atoms with Gasteiger partial charge in [-0.2, -0.15) is 0 Å². The predicted octanol–water partition coefficient (Wildman–Crippen LogP) is 2.96. The zero-order valence-electron chi connectivity index (χ0n) is 14.9. The molecule has 2 atom stereocenters. The fourth-order valence-electron chi connectivity index (χ4n) is 4.09. The molecule has 1 saturated carbocycles. The molecule has 0 radical (unpaired) electrons. The predicted molar refractivity (Wildman–Crippen MR) is 101 cm³/mol. The van der Waals surface area contributed by atoms with Crippen molar-refractivity contribution in [1.29, 1.82) is 0 Å². The van der Waals surface area contributed by atoms with Crippen molar-refractivity contribution in [2.24, 2.45) is 11.7 Å². The molecule has 1 fully saturated rings. The van der Waals surface area contributed by atoms with Gasteiger partial charge in [-0.15, -0.1) is 0 Å². The van der Waals surface area contributed by atoms with Crippen LogP contribution in [-0.2, 0) is 4.79 Å². The van der Waals surface area contributed by atoms with Gasteiger partial charge in [0.05, 0.1) is 0 Å². The molecule has 1 aliphatic carbocycles.